The summed E-state index contributed by atoms with van der Waals surface area (Å²) in [5, 5.41) is 19.3. The number of β-amino-alcohol motifs (C(OH)–C–C–N with tert-alkyl or cyclic N) is 1. The van der Waals surface area contributed by atoms with Crippen LogP contribution in [0.5, 0.6) is 0 Å². The van der Waals surface area contributed by atoms with Crippen molar-refractivity contribution in [3.8, 4) is 0 Å². The summed E-state index contributed by atoms with van der Waals surface area (Å²) in [6.45, 7) is 2.70. The van der Waals surface area contributed by atoms with Gasteiger partial charge >= 0.3 is 0 Å². The van der Waals surface area contributed by atoms with Crippen LogP contribution < -0.4 is 0 Å². The third-order valence-electron chi connectivity index (χ3n) is 3.08. The summed E-state index contributed by atoms with van der Waals surface area (Å²) in [6, 6.07) is 8.17. The smallest absolute Gasteiger partial charge is 0.108 e. The van der Waals surface area contributed by atoms with Crippen LogP contribution in [0, 0.1) is 6.92 Å². The second kappa shape index (κ2) is 5.38. The lowest BCUT2D eigenvalue weighted by Crippen LogP contribution is -2.31. The second-order valence-corrected chi connectivity index (χ2v) is 4.75. The van der Waals surface area contributed by atoms with E-state index < -0.39 is 5.60 Å². The molecule has 1 aromatic rings. The molecule has 1 aliphatic rings. The molecule has 2 N–H and O–H groups in total. The van der Waals surface area contributed by atoms with Crippen molar-refractivity contribution in [2.45, 2.75) is 18.9 Å². The van der Waals surface area contributed by atoms with E-state index in [0.29, 0.717) is 13.0 Å². The summed E-state index contributed by atoms with van der Waals surface area (Å²) in [4.78, 5) is 1.85. The van der Waals surface area contributed by atoms with Crippen molar-refractivity contribution in [2.75, 3.05) is 13.2 Å². The minimum absolute atomic E-state index is 0.102. The Labute approximate surface area is 108 Å². The van der Waals surface area contributed by atoms with Gasteiger partial charge in [0.15, 0.2) is 0 Å². The van der Waals surface area contributed by atoms with E-state index in [9.17, 15) is 5.11 Å². The van der Waals surface area contributed by atoms with Crippen LogP contribution in [0.15, 0.2) is 48.8 Å². The first-order valence-electron chi connectivity index (χ1n) is 6.14. The van der Waals surface area contributed by atoms with Gasteiger partial charge in [0.2, 0.25) is 0 Å². The Morgan fingerprint density at radius 2 is 1.72 bits per heavy atom. The third kappa shape index (κ3) is 3.22. The van der Waals surface area contributed by atoms with Crippen LogP contribution >= 0.6 is 0 Å². The van der Waals surface area contributed by atoms with Gasteiger partial charge < -0.3 is 15.1 Å². The monoisotopic (exact) mass is 245 g/mol. The van der Waals surface area contributed by atoms with Crippen molar-refractivity contribution in [1.82, 2.24) is 4.90 Å². The molecule has 0 saturated carbocycles. The molecule has 96 valence electrons. The maximum atomic E-state index is 10.4. The molecule has 0 spiro atoms. The maximum absolute atomic E-state index is 10.4. The highest BCUT2D eigenvalue weighted by atomic mass is 16.3. The van der Waals surface area contributed by atoms with Gasteiger partial charge in [0.05, 0.1) is 6.61 Å². The highest BCUT2D eigenvalue weighted by Gasteiger charge is 2.23. The normalized spacial score (nSPS) is 17.2. The fraction of sp³-hybridized carbons (Fsp3) is 0.333. The number of aliphatic hydroxyl groups is 2. The summed E-state index contributed by atoms with van der Waals surface area (Å²) >= 11 is 0. The molecule has 1 heterocycles. The molecule has 1 aliphatic heterocycles. The summed E-state index contributed by atoms with van der Waals surface area (Å²) in [5.74, 6) is 0. The Morgan fingerprint density at radius 1 is 1.11 bits per heavy atom. The maximum Gasteiger partial charge on any atom is 0.108 e. The number of hydrogen-bond acceptors (Lipinski definition) is 3. The van der Waals surface area contributed by atoms with Crippen molar-refractivity contribution in [2.24, 2.45) is 0 Å². The lowest BCUT2D eigenvalue weighted by molar-refractivity contribution is 0.135. The van der Waals surface area contributed by atoms with Crippen molar-refractivity contribution >= 4 is 0 Å². The molecule has 0 radical (unpaired) electrons. The van der Waals surface area contributed by atoms with Gasteiger partial charge in [0.1, 0.15) is 5.60 Å². The molecule has 1 aromatic carbocycles. The molecule has 0 amide bonds. The van der Waals surface area contributed by atoms with Gasteiger partial charge in [0, 0.05) is 25.4 Å². The highest BCUT2D eigenvalue weighted by Crippen LogP contribution is 2.21. The van der Waals surface area contributed by atoms with Crippen molar-refractivity contribution in [3.05, 3.63) is 59.9 Å². The molecular formula is C15H19NO2. The molecule has 0 aromatic heterocycles. The number of nitrogens with zero attached hydrogens (tertiary/aromatic N) is 1. The highest BCUT2D eigenvalue weighted by molar-refractivity contribution is 5.28. The van der Waals surface area contributed by atoms with E-state index in [4.69, 9.17) is 5.11 Å². The van der Waals surface area contributed by atoms with Crippen LogP contribution in [-0.2, 0) is 6.42 Å². The molecular weight excluding hydrogens is 226 g/mol. The molecule has 0 fully saturated rings. The Bertz CT molecular complexity index is 434. The zero-order chi connectivity index (χ0) is 13.0. The molecule has 3 nitrogen and oxygen atoms in total. The number of hydrogen-bond donors (Lipinski definition) is 2. The molecule has 0 unspecified atom stereocenters. The summed E-state index contributed by atoms with van der Waals surface area (Å²) in [6.07, 6.45) is 7.72. The van der Waals surface area contributed by atoms with Gasteiger partial charge in [-0.15, -0.1) is 0 Å². The Hall–Kier alpha value is -1.58. The molecule has 0 aliphatic carbocycles. The van der Waals surface area contributed by atoms with Crippen LogP contribution in [-0.4, -0.2) is 33.9 Å². The van der Waals surface area contributed by atoms with E-state index in [2.05, 4.69) is 0 Å². The number of benzene rings is 1. The lowest BCUT2D eigenvalue weighted by Gasteiger charge is -2.27. The van der Waals surface area contributed by atoms with Crippen LogP contribution in [0.2, 0.25) is 0 Å². The van der Waals surface area contributed by atoms with E-state index in [1.807, 2.05) is 48.5 Å². The van der Waals surface area contributed by atoms with Gasteiger partial charge in [0.25, 0.3) is 0 Å². The molecule has 3 heteroatoms. The average molecular weight is 245 g/mol. The largest absolute Gasteiger partial charge is 0.395 e. The minimum atomic E-state index is -0.929. The molecule has 0 atom stereocenters. The van der Waals surface area contributed by atoms with Crippen LogP contribution in [0.4, 0.5) is 0 Å². The number of aryl methyl sites for hydroxylation is 1. The van der Waals surface area contributed by atoms with E-state index in [1.165, 1.54) is 5.56 Å². The molecule has 0 bridgehead atoms. The average Bonchev–Trinajstić information content (AvgIpc) is 2.36. The minimum Gasteiger partial charge on any atom is -0.395 e. The van der Waals surface area contributed by atoms with E-state index >= 15 is 0 Å². The quantitative estimate of drug-likeness (QED) is 0.847. The first kappa shape index (κ1) is 12.9. The first-order valence-corrected chi connectivity index (χ1v) is 6.14. The van der Waals surface area contributed by atoms with Crippen molar-refractivity contribution in [3.63, 3.8) is 0 Å². The van der Waals surface area contributed by atoms with Crippen LogP contribution in [0.3, 0.4) is 0 Å². The Kier molecular flexibility index (Phi) is 3.84. The Morgan fingerprint density at radius 3 is 2.28 bits per heavy atom. The second-order valence-electron chi connectivity index (χ2n) is 4.75. The van der Waals surface area contributed by atoms with Gasteiger partial charge in [-0.2, -0.15) is 0 Å². The van der Waals surface area contributed by atoms with Crippen molar-refractivity contribution < 1.29 is 10.2 Å². The summed E-state index contributed by atoms with van der Waals surface area (Å²) in [5.41, 5.74) is 1.39. The van der Waals surface area contributed by atoms with Gasteiger partial charge in [-0.05, 0) is 24.6 Å². The lowest BCUT2D eigenvalue weighted by atomic mass is 9.92. The van der Waals surface area contributed by atoms with Gasteiger partial charge in [-0.3, -0.25) is 0 Å². The first-order chi connectivity index (χ1) is 8.61. The van der Waals surface area contributed by atoms with Gasteiger partial charge in [-0.25, -0.2) is 0 Å². The topological polar surface area (TPSA) is 43.7 Å². The van der Waals surface area contributed by atoms with E-state index in [1.54, 1.807) is 12.2 Å². The molecule has 18 heavy (non-hydrogen) atoms. The fourth-order valence-electron chi connectivity index (χ4n) is 1.97. The molecule has 0 saturated heterocycles. The van der Waals surface area contributed by atoms with E-state index in [0.717, 1.165) is 5.56 Å². The third-order valence-corrected chi connectivity index (χ3v) is 3.08. The van der Waals surface area contributed by atoms with Crippen molar-refractivity contribution in [1.29, 1.82) is 0 Å². The predicted octanol–water partition coefficient (Wildman–Crippen LogP) is 1.60. The molecule has 2 rings (SSSR count). The van der Waals surface area contributed by atoms with Crippen LogP contribution in [0.25, 0.3) is 0 Å². The fourth-order valence-corrected chi connectivity index (χ4v) is 1.97. The zero-order valence-electron chi connectivity index (χ0n) is 10.6. The summed E-state index contributed by atoms with van der Waals surface area (Å²) in [7, 11) is 0. The zero-order valence-corrected chi connectivity index (χ0v) is 10.6. The van der Waals surface area contributed by atoms with Gasteiger partial charge in [-0.1, -0.05) is 29.8 Å². The SMILES string of the molecule is Cc1ccc(CC2(O)C=CN(CCO)C=C2)cc1. The standard InChI is InChI=1S/C15H19NO2/c1-13-2-4-14(5-3-13)12-15(18)6-8-16(9-7-15)10-11-17/h2-9,17-18H,10-12H2,1H3. The summed E-state index contributed by atoms with van der Waals surface area (Å²) < 4.78 is 0. The van der Waals surface area contributed by atoms with E-state index in [-0.39, 0.29) is 6.61 Å². The number of rotatable bonds is 4. The number of aliphatic hydroxyl groups excluding tert-OH is 1. The predicted molar refractivity (Wildman–Crippen MR) is 71.9 cm³/mol. The Balaban J connectivity index is 2.03. The van der Waals surface area contributed by atoms with Crippen LogP contribution in [0.1, 0.15) is 11.1 Å².